The van der Waals surface area contributed by atoms with E-state index in [1.807, 2.05) is 35.6 Å². The molecule has 0 unspecified atom stereocenters. The van der Waals surface area contributed by atoms with Crippen molar-refractivity contribution in [3.8, 4) is 66.7 Å². The van der Waals surface area contributed by atoms with Crippen LogP contribution in [0.3, 0.4) is 0 Å². The number of hydrogen-bond acceptors (Lipinski definition) is 4. The van der Waals surface area contributed by atoms with Crippen LogP contribution in [0.25, 0.3) is 120 Å². The monoisotopic (exact) mass is 793 g/mol. The third-order valence-corrected chi connectivity index (χ3v) is 13.1. The molecule has 0 aliphatic carbocycles. The molecule has 4 heteroatoms. The summed E-state index contributed by atoms with van der Waals surface area (Å²) in [6.07, 6.45) is 0. The van der Waals surface area contributed by atoms with Crippen molar-refractivity contribution in [1.29, 1.82) is 0 Å². The Hall–Kier alpha value is -7.79. The van der Waals surface area contributed by atoms with Crippen LogP contribution in [-0.4, -0.2) is 15.0 Å². The third kappa shape index (κ3) is 5.99. The van der Waals surface area contributed by atoms with Gasteiger partial charge in [0.25, 0.3) is 0 Å². The number of fused-ring (bicyclic) bond motifs is 9. The van der Waals surface area contributed by atoms with E-state index in [0.29, 0.717) is 5.82 Å². The van der Waals surface area contributed by atoms with Crippen molar-refractivity contribution in [2.75, 3.05) is 0 Å². The number of pyridine rings is 1. The van der Waals surface area contributed by atoms with Crippen molar-refractivity contribution >= 4 is 64.6 Å². The van der Waals surface area contributed by atoms with Gasteiger partial charge in [0, 0.05) is 48.2 Å². The van der Waals surface area contributed by atoms with E-state index >= 15 is 0 Å². The number of benzene rings is 9. The van der Waals surface area contributed by atoms with Crippen LogP contribution in [0.2, 0.25) is 0 Å². The maximum atomic E-state index is 5.45. The van der Waals surface area contributed by atoms with Crippen LogP contribution < -0.4 is 0 Å². The maximum absolute atomic E-state index is 5.45. The predicted octanol–water partition coefficient (Wildman–Crippen LogP) is 15.7. The molecule has 284 valence electrons. The zero-order valence-corrected chi connectivity index (χ0v) is 33.8. The second-order valence-corrected chi connectivity index (χ2v) is 16.5. The molecule has 12 aromatic rings. The summed E-state index contributed by atoms with van der Waals surface area (Å²) in [5.41, 5.74) is 11.3. The first-order valence-corrected chi connectivity index (χ1v) is 21.4. The molecular formula is C57H35N3S. The smallest absolute Gasteiger partial charge is 0.160 e. The molecule has 0 atom stereocenters. The molecule has 3 aromatic heterocycles. The van der Waals surface area contributed by atoms with E-state index in [1.54, 1.807) is 0 Å². The Bertz CT molecular complexity index is 3540. The first-order chi connectivity index (χ1) is 30.2. The van der Waals surface area contributed by atoms with Gasteiger partial charge in [-0.3, -0.25) is 0 Å². The third-order valence-electron chi connectivity index (χ3n) is 11.9. The second-order valence-electron chi connectivity index (χ2n) is 15.5. The second kappa shape index (κ2) is 14.5. The average Bonchev–Trinajstić information content (AvgIpc) is 3.76. The summed E-state index contributed by atoms with van der Waals surface area (Å²) in [6, 6.07) is 75.5. The topological polar surface area (TPSA) is 38.7 Å². The summed E-state index contributed by atoms with van der Waals surface area (Å²) in [5, 5.41) is 9.88. The van der Waals surface area contributed by atoms with Gasteiger partial charge in [-0.25, -0.2) is 15.0 Å². The molecule has 3 nitrogen and oxygen atoms in total. The summed E-state index contributed by atoms with van der Waals surface area (Å²) in [7, 11) is 0. The number of nitrogens with zero attached hydrogens (tertiary/aromatic N) is 3. The highest BCUT2D eigenvalue weighted by Gasteiger charge is 2.24. The van der Waals surface area contributed by atoms with Gasteiger partial charge in [0.05, 0.1) is 22.6 Å². The van der Waals surface area contributed by atoms with Crippen LogP contribution >= 0.6 is 11.3 Å². The van der Waals surface area contributed by atoms with Crippen molar-refractivity contribution in [3.05, 3.63) is 212 Å². The molecule has 9 aromatic carbocycles. The van der Waals surface area contributed by atoms with Gasteiger partial charge in [-0.1, -0.05) is 188 Å². The lowest BCUT2D eigenvalue weighted by molar-refractivity contribution is 1.18. The van der Waals surface area contributed by atoms with Crippen LogP contribution in [0.1, 0.15) is 0 Å². The Kier molecular flexibility index (Phi) is 8.36. The van der Waals surface area contributed by atoms with Crippen LogP contribution in [-0.2, 0) is 0 Å². The fourth-order valence-corrected chi connectivity index (χ4v) is 10.4. The highest BCUT2D eigenvalue weighted by molar-refractivity contribution is 7.24. The first kappa shape index (κ1) is 35.2. The summed E-state index contributed by atoms with van der Waals surface area (Å²) in [4.78, 5) is 17.0. The van der Waals surface area contributed by atoms with Crippen LogP contribution in [0.4, 0.5) is 0 Å². The Labute approximate surface area is 356 Å². The number of hydrogen-bond donors (Lipinski definition) is 0. The molecular weight excluding hydrogens is 759 g/mol. The number of rotatable bonds is 6. The standard InChI is InChI=1S/C57H35N3S/c1-4-17-36(18-5-1)50-35-51(60-57(59-50)38-21-8-3-9-22-38)39-23-16-24-40(33-39)52-53-54(37-19-6-2-7-20-37)58-49-30-15-14-29-47(49)56(53)61-55(52)41-31-32-46-44-27-11-10-25-42(44)43-26-12-13-28-45(43)48(46)34-41/h1-35H. The summed E-state index contributed by atoms with van der Waals surface area (Å²) < 4.78 is 1.23. The lowest BCUT2D eigenvalue weighted by atomic mass is 9.91. The summed E-state index contributed by atoms with van der Waals surface area (Å²) in [6.45, 7) is 0. The van der Waals surface area contributed by atoms with Crippen molar-refractivity contribution in [3.63, 3.8) is 0 Å². The number of aromatic nitrogens is 3. The van der Waals surface area contributed by atoms with Crippen molar-refractivity contribution in [2.45, 2.75) is 0 Å². The maximum Gasteiger partial charge on any atom is 0.160 e. The van der Waals surface area contributed by atoms with Gasteiger partial charge in [0.2, 0.25) is 0 Å². The molecule has 0 aliphatic heterocycles. The van der Waals surface area contributed by atoms with E-state index < -0.39 is 0 Å². The molecule has 0 radical (unpaired) electrons. The first-order valence-electron chi connectivity index (χ1n) is 20.6. The molecule has 0 saturated carbocycles. The number of thiophene rings is 1. The minimum Gasteiger partial charge on any atom is -0.247 e. The molecule has 0 aliphatic rings. The normalized spacial score (nSPS) is 11.6. The van der Waals surface area contributed by atoms with Crippen molar-refractivity contribution < 1.29 is 0 Å². The van der Waals surface area contributed by atoms with E-state index in [-0.39, 0.29) is 0 Å². The van der Waals surface area contributed by atoms with Crippen LogP contribution in [0, 0.1) is 0 Å². The average molecular weight is 794 g/mol. The van der Waals surface area contributed by atoms with Crippen LogP contribution in [0.5, 0.6) is 0 Å². The lowest BCUT2D eigenvalue weighted by Gasteiger charge is -2.14. The molecule has 3 heterocycles. The Morgan fingerprint density at radius 2 is 0.820 bits per heavy atom. The Morgan fingerprint density at radius 1 is 0.311 bits per heavy atom. The predicted molar refractivity (Wildman–Crippen MR) is 258 cm³/mol. The van der Waals surface area contributed by atoms with Gasteiger partial charge >= 0.3 is 0 Å². The Balaban J connectivity index is 1.15. The lowest BCUT2D eigenvalue weighted by Crippen LogP contribution is -1.96. The van der Waals surface area contributed by atoms with Gasteiger partial charge in [-0.2, -0.15) is 0 Å². The molecule has 61 heavy (non-hydrogen) atoms. The van der Waals surface area contributed by atoms with Crippen LogP contribution in [0.15, 0.2) is 212 Å². The highest BCUT2D eigenvalue weighted by Crippen LogP contribution is 2.51. The highest BCUT2D eigenvalue weighted by atomic mass is 32.1. The molecule has 0 saturated heterocycles. The van der Waals surface area contributed by atoms with E-state index in [1.165, 1.54) is 53.0 Å². The molecule has 0 amide bonds. The molecule has 0 fully saturated rings. The van der Waals surface area contributed by atoms with Gasteiger partial charge in [0.1, 0.15) is 0 Å². The van der Waals surface area contributed by atoms with Gasteiger partial charge in [-0.15, -0.1) is 11.3 Å². The minimum absolute atomic E-state index is 0.696. The van der Waals surface area contributed by atoms with E-state index in [2.05, 4.69) is 188 Å². The molecule has 0 bridgehead atoms. The fourth-order valence-electron chi connectivity index (χ4n) is 9.02. The minimum atomic E-state index is 0.696. The zero-order valence-electron chi connectivity index (χ0n) is 33.0. The van der Waals surface area contributed by atoms with Gasteiger partial charge < -0.3 is 0 Å². The fraction of sp³-hybridized carbons (Fsp3) is 0. The zero-order chi connectivity index (χ0) is 40.3. The van der Waals surface area contributed by atoms with E-state index in [0.717, 1.165) is 61.2 Å². The van der Waals surface area contributed by atoms with Gasteiger partial charge in [-0.05, 0) is 67.7 Å². The largest absolute Gasteiger partial charge is 0.247 e. The molecule has 0 N–H and O–H groups in total. The van der Waals surface area contributed by atoms with E-state index in [9.17, 15) is 0 Å². The van der Waals surface area contributed by atoms with Crippen molar-refractivity contribution in [1.82, 2.24) is 15.0 Å². The SMILES string of the molecule is c1ccc(-c2cc(-c3cccc(-c4c(-c5ccc6c7ccccc7c7ccccc7c6c5)sc5c4c(-c4ccccc4)nc4ccccc45)c3)nc(-c3ccccc3)n2)cc1. The number of para-hydroxylation sites is 1. The summed E-state index contributed by atoms with van der Waals surface area (Å²) in [5.74, 6) is 0.696. The van der Waals surface area contributed by atoms with Gasteiger partial charge in [0.15, 0.2) is 5.82 Å². The summed E-state index contributed by atoms with van der Waals surface area (Å²) >= 11 is 1.86. The quantitative estimate of drug-likeness (QED) is 0.157. The molecule has 0 spiro atoms. The molecule has 12 rings (SSSR count). The van der Waals surface area contributed by atoms with Crippen molar-refractivity contribution in [2.24, 2.45) is 0 Å². The Morgan fingerprint density at radius 3 is 1.49 bits per heavy atom. The van der Waals surface area contributed by atoms with E-state index in [4.69, 9.17) is 15.0 Å².